The average Bonchev–Trinajstić information content (AvgIpc) is 2.67. The van der Waals surface area contributed by atoms with Crippen LogP contribution in [0.5, 0.6) is 11.5 Å². The highest BCUT2D eigenvalue weighted by atomic mass is 19.1. The van der Waals surface area contributed by atoms with E-state index in [1.54, 1.807) is 30.3 Å². The highest BCUT2D eigenvalue weighted by Gasteiger charge is 2.18. The molecule has 0 spiro atoms. The predicted octanol–water partition coefficient (Wildman–Crippen LogP) is 4.03. The fourth-order valence-corrected chi connectivity index (χ4v) is 2.76. The van der Waals surface area contributed by atoms with Gasteiger partial charge in [-0.25, -0.2) is 9.37 Å². The minimum Gasteiger partial charge on any atom is -0.493 e. The van der Waals surface area contributed by atoms with Gasteiger partial charge >= 0.3 is 0 Å². The first kappa shape index (κ1) is 17.2. The van der Waals surface area contributed by atoms with E-state index in [0.29, 0.717) is 33.9 Å². The molecule has 2 aromatic carbocycles. The summed E-state index contributed by atoms with van der Waals surface area (Å²) in [5.74, 6) is 0.772. The van der Waals surface area contributed by atoms with Gasteiger partial charge in [-0.05, 0) is 36.4 Å². The second kappa shape index (κ2) is 7.11. The maximum Gasteiger partial charge on any atom is 0.168 e. The molecule has 0 saturated carbocycles. The number of nitrogen functional groups attached to an aromatic ring is 1. The maximum absolute atomic E-state index is 13.2. The Balaban J connectivity index is 2.28. The Morgan fingerprint density at radius 2 is 1.77 bits per heavy atom. The summed E-state index contributed by atoms with van der Waals surface area (Å²) in [6, 6.07) is 15.1. The normalized spacial score (nSPS) is 10.2. The van der Waals surface area contributed by atoms with E-state index >= 15 is 0 Å². The number of nitriles is 1. The number of pyridine rings is 1. The summed E-state index contributed by atoms with van der Waals surface area (Å²) >= 11 is 0. The zero-order chi connectivity index (χ0) is 18.7. The highest BCUT2D eigenvalue weighted by Crippen LogP contribution is 2.41. The molecule has 0 atom stereocenters. The first-order valence-corrected chi connectivity index (χ1v) is 7.77. The summed E-state index contributed by atoms with van der Waals surface area (Å²) in [6.07, 6.45) is 0. The van der Waals surface area contributed by atoms with Crippen LogP contribution in [-0.4, -0.2) is 19.2 Å². The van der Waals surface area contributed by atoms with Crippen molar-refractivity contribution in [2.45, 2.75) is 0 Å². The fourth-order valence-electron chi connectivity index (χ4n) is 2.76. The van der Waals surface area contributed by atoms with Gasteiger partial charge in [0.15, 0.2) is 11.5 Å². The number of aromatic nitrogens is 1. The Morgan fingerprint density at radius 3 is 2.38 bits per heavy atom. The highest BCUT2D eigenvalue weighted by molar-refractivity contribution is 5.84. The van der Waals surface area contributed by atoms with Crippen LogP contribution in [0.25, 0.3) is 22.4 Å². The van der Waals surface area contributed by atoms with Crippen LogP contribution in [0, 0.1) is 17.1 Å². The van der Waals surface area contributed by atoms with E-state index in [1.165, 1.54) is 26.4 Å². The summed E-state index contributed by atoms with van der Waals surface area (Å²) in [6.45, 7) is 0. The molecule has 130 valence electrons. The number of ether oxygens (including phenoxy) is 2. The largest absolute Gasteiger partial charge is 0.493 e. The van der Waals surface area contributed by atoms with Crippen molar-refractivity contribution in [2.24, 2.45) is 0 Å². The third-order valence-corrected chi connectivity index (χ3v) is 3.99. The van der Waals surface area contributed by atoms with Gasteiger partial charge in [0.1, 0.15) is 23.3 Å². The maximum atomic E-state index is 13.2. The van der Waals surface area contributed by atoms with E-state index in [4.69, 9.17) is 15.2 Å². The Labute approximate surface area is 150 Å². The van der Waals surface area contributed by atoms with Gasteiger partial charge in [-0.1, -0.05) is 12.1 Å². The molecule has 5 nitrogen and oxygen atoms in total. The van der Waals surface area contributed by atoms with Gasteiger partial charge in [-0.2, -0.15) is 5.26 Å². The molecule has 0 unspecified atom stereocenters. The van der Waals surface area contributed by atoms with Crippen molar-refractivity contribution in [1.82, 2.24) is 4.98 Å². The second-order valence-corrected chi connectivity index (χ2v) is 5.48. The number of methoxy groups -OCH3 is 2. The van der Waals surface area contributed by atoms with Crippen molar-refractivity contribution in [2.75, 3.05) is 20.0 Å². The minimum atomic E-state index is -0.343. The minimum absolute atomic E-state index is 0.0918. The van der Waals surface area contributed by atoms with E-state index in [9.17, 15) is 9.65 Å². The van der Waals surface area contributed by atoms with E-state index in [1.807, 2.05) is 6.07 Å². The molecule has 3 rings (SSSR count). The van der Waals surface area contributed by atoms with Crippen molar-refractivity contribution in [3.05, 3.63) is 59.9 Å². The summed E-state index contributed by atoms with van der Waals surface area (Å²) in [5, 5.41) is 9.56. The lowest BCUT2D eigenvalue weighted by atomic mass is 9.97. The molecule has 0 aliphatic rings. The number of hydrogen-bond donors (Lipinski definition) is 1. The Kier molecular flexibility index (Phi) is 4.72. The topological polar surface area (TPSA) is 81.2 Å². The van der Waals surface area contributed by atoms with Gasteiger partial charge in [0.2, 0.25) is 0 Å². The molecule has 0 fully saturated rings. The summed E-state index contributed by atoms with van der Waals surface area (Å²) in [7, 11) is 3.07. The van der Waals surface area contributed by atoms with Crippen LogP contribution in [0.3, 0.4) is 0 Å². The van der Waals surface area contributed by atoms with Gasteiger partial charge in [0.05, 0.1) is 19.9 Å². The van der Waals surface area contributed by atoms with Crippen molar-refractivity contribution in [3.63, 3.8) is 0 Å². The third-order valence-electron chi connectivity index (χ3n) is 3.99. The first-order valence-electron chi connectivity index (χ1n) is 7.77. The molecule has 0 aliphatic carbocycles. The zero-order valence-electron chi connectivity index (χ0n) is 14.3. The van der Waals surface area contributed by atoms with Crippen molar-refractivity contribution in [1.29, 1.82) is 5.26 Å². The van der Waals surface area contributed by atoms with E-state index in [2.05, 4.69) is 11.1 Å². The predicted molar refractivity (Wildman–Crippen MR) is 97.3 cm³/mol. The molecule has 0 saturated heterocycles. The Hall–Kier alpha value is -3.59. The number of anilines is 1. The quantitative estimate of drug-likeness (QED) is 0.769. The first-order chi connectivity index (χ1) is 12.6. The molecular weight excluding hydrogens is 333 g/mol. The summed E-state index contributed by atoms with van der Waals surface area (Å²) < 4.78 is 24.0. The molecule has 26 heavy (non-hydrogen) atoms. The fraction of sp³-hybridized carbons (Fsp3) is 0.100. The second-order valence-electron chi connectivity index (χ2n) is 5.48. The Morgan fingerprint density at radius 1 is 1.04 bits per heavy atom. The number of nitrogens with zero attached hydrogens (tertiary/aromatic N) is 2. The van der Waals surface area contributed by atoms with Crippen molar-refractivity contribution >= 4 is 5.82 Å². The van der Waals surface area contributed by atoms with Crippen LogP contribution >= 0.6 is 0 Å². The summed E-state index contributed by atoms with van der Waals surface area (Å²) in [4.78, 5) is 4.29. The van der Waals surface area contributed by atoms with Crippen LogP contribution in [0.2, 0.25) is 0 Å². The lowest BCUT2D eigenvalue weighted by Crippen LogP contribution is -2.01. The van der Waals surface area contributed by atoms with Crippen LogP contribution in [0.15, 0.2) is 48.5 Å². The monoisotopic (exact) mass is 349 g/mol. The van der Waals surface area contributed by atoms with Gasteiger partial charge in [-0.15, -0.1) is 0 Å². The third kappa shape index (κ3) is 3.03. The lowest BCUT2D eigenvalue weighted by Gasteiger charge is -2.15. The van der Waals surface area contributed by atoms with Gasteiger partial charge < -0.3 is 15.2 Å². The SMILES string of the molecule is COc1cccc(-c2cc(-c3ccc(F)cc3)nc(N)c2C#N)c1OC. The number of rotatable bonds is 4. The molecule has 0 bridgehead atoms. The molecule has 6 heteroatoms. The number of nitrogens with two attached hydrogens (primary N) is 1. The molecule has 2 N–H and O–H groups in total. The molecule has 0 radical (unpaired) electrons. The molecule has 0 amide bonds. The van der Waals surface area contributed by atoms with Crippen LogP contribution in [-0.2, 0) is 0 Å². The van der Waals surface area contributed by atoms with Crippen LogP contribution in [0.4, 0.5) is 10.2 Å². The molecular formula is C20H16FN3O2. The standard InChI is InChI=1S/C20H16FN3O2/c1-25-18-5-3-4-14(19(18)26-2)15-10-17(24-20(23)16(15)11-22)12-6-8-13(21)9-7-12/h3-10H,1-2H3,(H2,23,24). The smallest absolute Gasteiger partial charge is 0.168 e. The van der Waals surface area contributed by atoms with Gasteiger partial charge in [0, 0.05) is 16.7 Å². The Bertz CT molecular complexity index is 995. The lowest BCUT2D eigenvalue weighted by molar-refractivity contribution is 0.356. The number of benzene rings is 2. The van der Waals surface area contributed by atoms with E-state index in [0.717, 1.165) is 0 Å². The average molecular weight is 349 g/mol. The van der Waals surface area contributed by atoms with Crippen LogP contribution in [0.1, 0.15) is 5.56 Å². The molecule has 1 aromatic heterocycles. The molecule has 3 aromatic rings. The van der Waals surface area contributed by atoms with Gasteiger partial charge in [0.25, 0.3) is 0 Å². The van der Waals surface area contributed by atoms with E-state index in [-0.39, 0.29) is 17.2 Å². The number of halogens is 1. The number of hydrogen-bond acceptors (Lipinski definition) is 5. The van der Waals surface area contributed by atoms with E-state index < -0.39 is 0 Å². The number of para-hydroxylation sites is 1. The summed E-state index contributed by atoms with van der Waals surface area (Å²) in [5.41, 5.74) is 8.69. The molecule has 0 aliphatic heterocycles. The molecule has 1 heterocycles. The zero-order valence-corrected chi connectivity index (χ0v) is 14.3. The van der Waals surface area contributed by atoms with Crippen molar-refractivity contribution < 1.29 is 13.9 Å². The van der Waals surface area contributed by atoms with Crippen molar-refractivity contribution in [3.8, 4) is 40.0 Å². The van der Waals surface area contributed by atoms with Crippen LogP contribution < -0.4 is 15.2 Å². The van der Waals surface area contributed by atoms with Gasteiger partial charge in [-0.3, -0.25) is 0 Å².